The lowest BCUT2D eigenvalue weighted by molar-refractivity contribution is 0.146. The number of aryl methyl sites for hydroxylation is 1. The Hall–Kier alpha value is -3.14. The number of anilines is 1. The minimum Gasteiger partial charge on any atom is -0.496 e. The van der Waals surface area contributed by atoms with E-state index >= 15 is 0 Å². The number of ether oxygens (including phenoxy) is 1. The molecule has 0 saturated carbocycles. The molecule has 0 spiro atoms. The van der Waals surface area contributed by atoms with Crippen LogP contribution < -0.4 is 10.1 Å². The van der Waals surface area contributed by atoms with Gasteiger partial charge in [0.2, 0.25) is 0 Å². The highest BCUT2D eigenvalue weighted by molar-refractivity contribution is 7.92. The number of benzene rings is 2. The number of halogens is 3. The van der Waals surface area contributed by atoms with Crippen molar-refractivity contribution < 1.29 is 22.1 Å². The quantitative estimate of drug-likeness (QED) is 0.493. The maximum Gasteiger partial charge on any atom is 0.266 e. The van der Waals surface area contributed by atoms with Crippen LogP contribution in [0.3, 0.4) is 0 Å². The van der Waals surface area contributed by atoms with E-state index in [4.69, 9.17) is 9.52 Å². The number of fused-ring (bicyclic) bond motifs is 1. The summed E-state index contributed by atoms with van der Waals surface area (Å²) in [5.74, 6) is 1.01. The lowest BCUT2D eigenvalue weighted by Crippen LogP contribution is -2.14. The van der Waals surface area contributed by atoms with Crippen molar-refractivity contribution in [2.45, 2.75) is 26.3 Å². The van der Waals surface area contributed by atoms with Crippen LogP contribution in [0.5, 0.6) is 5.75 Å². The summed E-state index contributed by atoms with van der Waals surface area (Å²) in [6.45, 7) is 1.68. The monoisotopic (exact) mass is 476 g/mol. The maximum absolute atomic E-state index is 14.5. The molecule has 174 valence electrons. The van der Waals surface area contributed by atoms with Crippen LogP contribution in [0.1, 0.15) is 35.4 Å². The third-order valence-corrected chi connectivity index (χ3v) is 7.13. The molecule has 1 atom stereocenters. The van der Waals surface area contributed by atoms with E-state index in [0.29, 0.717) is 34.7 Å². The van der Waals surface area contributed by atoms with Crippen molar-refractivity contribution in [2.75, 3.05) is 23.9 Å². The van der Waals surface area contributed by atoms with Gasteiger partial charge < -0.3 is 10.1 Å². The highest BCUT2D eigenvalue weighted by Gasteiger charge is 2.20. The zero-order valence-corrected chi connectivity index (χ0v) is 18.9. The first-order valence-electron chi connectivity index (χ1n) is 10.3. The summed E-state index contributed by atoms with van der Waals surface area (Å²) in [6.07, 6.45) is -0.620. The van der Waals surface area contributed by atoms with Gasteiger partial charge in [0.05, 0.1) is 23.9 Å². The van der Waals surface area contributed by atoms with Gasteiger partial charge in [0.15, 0.2) is 0 Å². The molecule has 10 heteroatoms. The van der Waals surface area contributed by atoms with Gasteiger partial charge in [-0.15, -0.1) is 0 Å². The third-order valence-electron chi connectivity index (χ3n) is 5.56. The lowest BCUT2D eigenvalue weighted by Gasteiger charge is -2.19. The molecule has 6 nitrogen and oxygen atoms in total. The molecule has 1 aliphatic rings. The summed E-state index contributed by atoms with van der Waals surface area (Å²) in [5, 5.41) is 3.71. The normalized spacial score (nSPS) is 18.4. The molecular formula is C23H23F3N4O2S. The van der Waals surface area contributed by atoms with Gasteiger partial charge in [-0.3, -0.25) is 4.78 Å². The van der Waals surface area contributed by atoms with Crippen molar-refractivity contribution in [3.8, 4) is 5.75 Å². The molecule has 0 amide bonds. The Labute approximate surface area is 189 Å². The van der Waals surface area contributed by atoms with E-state index in [1.807, 2.05) is 6.07 Å². The van der Waals surface area contributed by atoms with Crippen LogP contribution in [-0.4, -0.2) is 32.8 Å². The van der Waals surface area contributed by atoms with Crippen LogP contribution in [0.4, 0.5) is 19.0 Å². The summed E-state index contributed by atoms with van der Waals surface area (Å²) in [5.41, 5.74) is 1.77. The molecule has 0 radical (unpaired) electrons. The van der Waals surface area contributed by atoms with Gasteiger partial charge in [-0.1, -0.05) is 24.3 Å². The van der Waals surface area contributed by atoms with Crippen LogP contribution in [0.25, 0.3) is 16.5 Å². The van der Waals surface area contributed by atoms with E-state index in [-0.39, 0.29) is 23.6 Å². The summed E-state index contributed by atoms with van der Waals surface area (Å²) >= 11 is 0. The highest BCUT2D eigenvalue weighted by atomic mass is 32.2. The molecule has 3 aromatic rings. The van der Waals surface area contributed by atoms with Crippen LogP contribution in [0.2, 0.25) is 0 Å². The zero-order valence-electron chi connectivity index (χ0n) is 18.1. The number of aromatic nitrogens is 2. The summed E-state index contributed by atoms with van der Waals surface area (Å²) in [7, 11) is -1.05. The largest absolute Gasteiger partial charge is 0.496 e. The number of hydrogen-bond acceptors (Lipinski definition) is 6. The fourth-order valence-electron chi connectivity index (χ4n) is 3.85. The van der Waals surface area contributed by atoms with Crippen LogP contribution in [-0.2, 0) is 16.3 Å². The van der Waals surface area contributed by atoms with E-state index in [2.05, 4.69) is 15.3 Å². The first-order chi connectivity index (χ1) is 15.7. The molecule has 0 bridgehead atoms. The molecule has 1 aromatic heterocycles. The van der Waals surface area contributed by atoms with Crippen molar-refractivity contribution in [3.05, 3.63) is 64.7 Å². The van der Waals surface area contributed by atoms with Crippen LogP contribution in [0, 0.1) is 17.5 Å². The van der Waals surface area contributed by atoms with E-state index in [0.717, 1.165) is 17.2 Å². The summed E-state index contributed by atoms with van der Waals surface area (Å²) in [6, 6.07) is 7.54. The Bertz CT molecular complexity index is 1360. The number of nitrogens with one attached hydrogen (secondary N) is 2. The molecule has 1 aliphatic heterocycles. The number of allylic oxidation sites excluding steroid dienone is 1. The Morgan fingerprint density at radius 1 is 1.27 bits per heavy atom. The van der Waals surface area contributed by atoms with Crippen molar-refractivity contribution in [2.24, 2.45) is 0 Å². The molecule has 0 saturated heterocycles. The van der Waals surface area contributed by atoms with Crippen molar-refractivity contribution in [1.29, 1.82) is 4.78 Å². The van der Waals surface area contributed by atoms with Gasteiger partial charge in [-0.2, -0.15) is 0 Å². The van der Waals surface area contributed by atoms with Gasteiger partial charge >= 0.3 is 0 Å². The molecule has 33 heavy (non-hydrogen) atoms. The molecular weight excluding hydrogens is 453 g/mol. The Balaban J connectivity index is 1.75. The second-order valence-electron chi connectivity index (χ2n) is 7.83. The molecule has 2 aromatic carbocycles. The second kappa shape index (κ2) is 9.01. The Morgan fingerprint density at radius 2 is 2.06 bits per heavy atom. The second-order valence-corrected chi connectivity index (χ2v) is 10.2. The number of alkyl halides is 2. The number of nitrogens with zero attached hydrogens (tertiary/aromatic N) is 2. The number of rotatable bonds is 6. The fraction of sp³-hybridized carbons (Fsp3) is 0.304. The smallest absolute Gasteiger partial charge is 0.266 e. The average Bonchev–Trinajstić information content (AvgIpc) is 2.77. The lowest BCUT2D eigenvalue weighted by atomic mass is 9.99. The predicted molar refractivity (Wildman–Crippen MR) is 123 cm³/mol. The van der Waals surface area contributed by atoms with E-state index < -0.39 is 27.5 Å². The van der Waals surface area contributed by atoms with E-state index in [1.165, 1.54) is 12.1 Å². The first-order valence-corrected chi connectivity index (χ1v) is 12.2. The van der Waals surface area contributed by atoms with Crippen LogP contribution in [0.15, 0.2) is 36.4 Å². The van der Waals surface area contributed by atoms with Crippen molar-refractivity contribution in [3.63, 3.8) is 0 Å². The zero-order chi connectivity index (χ0) is 23.8. The standard InChI is InChI=1S/C23H23F3N4O2S/c1-13-29-19-11-20(32-2)17(14-6-8-33(27,31)9-7-14)10-18(19)23(30-13)28-12-15-4-3-5-16(21(15)24)22(25)26/h3-6,10-11,22,27H,7-9,12H2,1-2H3,(H,28,29,30). The maximum atomic E-state index is 14.5. The molecule has 0 fully saturated rings. The Kier molecular flexibility index (Phi) is 6.29. The van der Waals surface area contributed by atoms with Crippen LogP contribution >= 0.6 is 0 Å². The van der Waals surface area contributed by atoms with Gasteiger partial charge in [0.25, 0.3) is 6.43 Å². The predicted octanol–water partition coefficient (Wildman–Crippen LogP) is 5.47. The highest BCUT2D eigenvalue weighted by Crippen LogP contribution is 2.36. The molecule has 4 rings (SSSR count). The van der Waals surface area contributed by atoms with Gasteiger partial charge in [-0.25, -0.2) is 27.3 Å². The minimum atomic E-state index is -2.90. The Morgan fingerprint density at radius 3 is 2.73 bits per heavy atom. The number of methoxy groups -OCH3 is 1. The molecule has 2 N–H and O–H groups in total. The molecule has 1 unspecified atom stereocenters. The van der Waals surface area contributed by atoms with E-state index in [9.17, 15) is 17.4 Å². The van der Waals surface area contributed by atoms with Crippen molar-refractivity contribution in [1.82, 2.24) is 9.97 Å². The first kappa shape index (κ1) is 23.0. The molecule has 0 aliphatic carbocycles. The summed E-state index contributed by atoms with van der Waals surface area (Å²) in [4.78, 5) is 8.90. The molecule has 2 heterocycles. The number of hydrogen-bond donors (Lipinski definition) is 2. The van der Waals surface area contributed by atoms with E-state index in [1.54, 1.807) is 26.2 Å². The van der Waals surface area contributed by atoms with Gasteiger partial charge in [0, 0.05) is 44.6 Å². The topological polar surface area (TPSA) is 88.0 Å². The van der Waals surface area contributed by atoms with Gasteiger partial charge in [-0.05, 0) is 25.0 Å². The fourth-order valence-corrected chi connectivity index (χ4v) is 5.04. The summed E-state index contributed by atoms with van der Waals surface area (Å²) < 4.78 is 66.0. The third kappa shape index (κ3) is 4.80. The SMILES string of the molecule is COc1cc2nc(C)nc(NCc3cccc(C(F)F)c3F)c2cc1C1=CCS(=N)(=O)CC1. The minimum absolute atomic E-state index is 0.0388. The average molecular weight is 477 g/mol. The van der Waals surface area contributed by atoms with Gasteiger partial charge in [0.1, 0.15) is 23.2 Å². The van der Waals surface area contributed by atoms with Crippen molar-refractivity contribution >= 4 is 32.0 Å².